The number of hydrogen-bond donors (Lipinski definition) is 0. The third kappa shape index (κ3) is 6.63. The van der Waals surface area contributed by atoms with E-state index in [2.05, 4.69) is 223 Å². The Morgan fingerprint density at radius 3 is 1.35 bits per heavy atom. The van der Waals surface area contributed by atoms with E-state index in [4.69, 9.17) is 16.5 Å². The highest BCUT2D eigenvalue weighted by molar-refractivity contribution is 5.96. The molecule has 11 rings (SSSR count). The Morgan fingerprint density at radius 2 is 0.810 bits per heavy atom. The number of aromatic nitrogens is 2. The first-order valence-electron chi connectivity index (χ1n) is 21.3. The average molecular weight is 802 g/mol. The smallest absolute Gasteiger partial charge is 0.187 e. The Labute approximate surface area is 368 Å². The number of fused-ring (bicyclic) bond motifs is 3. The summed E-state index contributed by atoms with van der Waals surface area (Å²) in [6, 6.07) is 83.3. The zero-order chi connectivity index (χ0) is 42.2. The van der Waals surface area contributed by atoms with Gasteiger partial charge < -0.3 is 0 Å². The molecule has 0 amide bonds. The van der Waals surface area contributed by atoms with E-state index in [1.807, 2.05) is 18.2 Å². The summed E-state index contributed by atoms with van der Waals surface area (Å²) in [4.78, 5) is 14.4. The summed E-state index contributed by atoms with van der Waals surface area (Å²) >= 11 is 0. The van der Waals surface area contributed by atoms with Crippen LogP contribution in [0, 0.1) is 6.57 Å². The molecule has 10 aromatic rings. The van der Waals surface area contributed by atoms with Gasteiger partial charge in [0.05, 0.1) is 23.4 Å². The van der Waals surface area contributed by atoms with Gasteiger partial charge in [0.1, 0.15) is 0 Å². The molecule has 0 saturated carbocycles. The predicted octanol–water partition coefficient (Wildman–Crippen LogP) is 15.4. The SMILES string of the molecule is [C-]#[N+]c1ccc2c(c1)-c1c(-c3ccc(-c4nc(-c5cccc(-c6ccccc6)c5)cc(-c5cccc(-c6ccccc6)c5)n4)cc3)cccc1C2(c1ccccc1)c1ccccc1. The van der Waals surface area contributed by atoms with Crippen molar-refractivity contribution in [3.05, 3.63) is 270 Å². The molecule has 0 N–H and O–H groups in total. The van der Waals surface area contributed by atoms with Crippen molar-refractivity contribution in [2.75, 3.05) is 0 Å². The molecule has 0 bridgehead atoms. The molecule has 0 atom stereocenters. The highest BCUT2D eigenvalue weighted by atomic mass is 14.9. The van der Waals surface area contributed by atoms with Gasteiger partial charge in [0.2, 0.25) is 0 Å². The van der Waals surface area contributed by atoms with E-state index >= 15 is 0 Å². The van der Waals surface area contributed by atoms with Crippen molar-refractivity contribution in [3.8, 4) is 78.4 Å². The van der Waals surface area contributed by atoms with Crippen LogP contribution in [0.1, 0.15) is 22.3 Å². The fraction of sp³-hybridized carbons (Fsp3) is 0.0167. The van der Waals surface area contributed by atoms with E-state index in [1.54, 1.807) is 0 Å². The second-order valence-electron chi connectivity index (χ2n) is 16.0. The quantitative estimate of drug-likeness (QED) is 0.143. The lowest BCUT2D eigenvalue weighted by atomic mass is 9.67. The number of rotatable bonds is 8. The minimum Gasteiger partial charge on any atom is -0.238 e. The molecule has 3 nitrogen and oxygen atoms in total. The number of hydrogen-bond acceptors (Lipinski definition) is 2. The number of benzene rings is 9. The van der Waals surface area contributed by atoms with Gasteiger partial charge in [-0.1, -0.05) is 212 Å². The van der Waals surface area contributed by atoms with Gasteiger partial charge in [0, 0.05) is 16.7 Å². The van der Waals surface area contributed by atoms with Gasteiger partial charge in [-0.05, 0) is 91.0 Å². The van der Waals surface area contributed by atoms with Crippen LogP contribution in [0.2, 0.25) is 0 Å². The van der Waals surface area contributed by atoms with Crippen LogP contribution in [0.4, 0.5) is 5.69 Å². The summed E-state index contributed by atoms with van der Waals surface area (Å²) < 4.78 is 0. The molecule has 63 heavy (non-hydrogen) atoms. The van der Waals surface area contributed by atoms with Crippen LogP contribution in [0.5, 0.6) is 0 Å². The Kier molecular flexibility index (Phi) is 9.45. The van der Waals surface area contributed by atoms with Gasteiger partial charge in [-0.15, -0.1) is 0 Å². The lowest BCUT2D eigenvalue weighted by molar-refractivity contribution is 0.769. The maximum atomic E-state index is 7.99. The van der Waals surface area contributed by atoms with Crippen LogP contribution in [0.25, 0.3) is 83.3 Å². The summed E-state index contributed by atoms with van der Waals surface area (Å²) in [7, 11) is 0. The maximum absolute atomic E-state index is 7.99. The molecule has 0 spiro atoms. The Bertz CT molecular complexity index is 3180. The Morgan fingerprint density at radius 1 is 0.333 bits per heavy atom. The lowest BCUT2D eigenvalue weighted by Gasteiger charge is -2.34. The molecule has 1 aliphatic rings. The molecule has 0 unspecified atom stereocenters. The van der Waals surface area contributed by atoms with Gasteiger partial charge >= 0.3 is 0 Å². The zero-order valence-electron chi connectivity index (χ0n) is 34.4. The fourth-order valence-corrected chi connectivity index (χ4v) is 9.49. The molecule has 3 heteroatoms. The second-order valence-corrected chi connectivity index (χ2v) is 16.0. The summed E-state index contributed by atoms with van der Waals surface area (Å²) in [5, 5.41) is 0. The lowest BCUT2D eigenvalue weighted by Crippen LogP contribution is -2.28. The summed E-state index contributed by atoms with van der Waals surface area (Å²) in [6.45, 7) is 7.99. The minimum absolute atomic E-state index is 0.565. The molecule has 294 valence electrons. The van der Waals surface area contributed by atoms with Crippen molar-refractivity contribution < 1.29 is 0 Å². The third-order valence-electron chi connectivity index (χ3n) is 12.4. The van der Waals surface area contributed by atoms with E-state index in [1.165, 1.54) is 22.3 Å². The van der Waals surface area contributed by atoms with Crippen molar-refractivity contribution in [2.24, 2.45) is 0 Å². The van der Waals surface area contributed by atoms with Gasteiger partial charge in [-0.25, -0.2) is 14.8 Å². The molecule has 0 aliphatic heterocycles. The van der Waals surface area contributed by atoms with Crippen molar-refractivity contribution >= 4 is 5.69 Å². The van der Waals surface area contributed by atoms with E-state index < -0.39 is 5.41 Å². The summed E-state index contributed by atoms with van der Waals surface area (Å²) in [6.07, 6.45) is 0. The van der Waals surface area contributed by atoms with Crippen molar-refractivity contribution in [3.63, 3.8) is 0 Å². The first-order chi connectivity index (χ1) is 31.2. The molecular weight excluding hydrogens is 763 g/mol. The molecule has 0 radical (unpaired) electrons. The van der Waals surface area contributed by atoms with E-state index in [-0.39, 0.29) is 0 Å². The van der Waals surface area contributed by atoms with Gasteiger partial charge in [-0.3, -0.25) is 0 Å². The molecule has 1 aromatic heterocycles. The average Bonchev–Trinajstić information content (AvgIpc) is 3.68. The first kappa shape index (κ1) is 37.5. The molecular formula is C60H39N3. The number of nitrogens with zero attached hydrogens (tertiary/aromatic N) is 3. The van der Waals surface area contributed by atoms with Gasteiger partial charge in [-0.2, -0.15) is 0 Å². The Hall–Kier alpha value is -8.45. The van der Waals surface area contributed by atoms with Crippen molar-refractivity contribution in [2.45, 2.75) is 5.41 Å². The van der Waals surface area contributed by atoms with E-state index in [9.17, 15) is 0 Å². The predicted molar refractivity (Wildman–Crippen MR) is 258 cm³/mol. The zero-order valence-corrected chi connectivity index (χ0v) is 34.4. The highest BCUT2D eigenvalue weighted by Gasteiger charge is 2.46. The van der Waals surface area contributed by atoms with E-state index in [0.717, 1.165) is 72.6 Å². The normalized spacial score (nSPS) is 12.2. The topological polar surface area (TPSA) is 30.1 Å². The summed E-state index contributed by atoms with van der Waals surface area (Å²) in [5.41, 5.74) is 18.5. The van der Waals surface area contributed by atoms with Crippen LogP contribution in [-0.2, 0) is 5.41 Å². The largest absolute Gasteiger partial charge is 0.238 e. The molecule has 1 heterocycles. The third-order valence-corrected chi connectivity index (χ3v) is 12.4. The molecule has 9 aromatic carbocycles. The van der Waals surface area contributed by atoms with Crippen LogP contribution >= 0.6 is 0 Å². The van der Waals surface area contributed by atoms with Crippen LogP contribution in [0.3, 0.4) is 0 Å². The van der Waals surface area contributed by atoms with Crippen molar-refractivity contribution in [1.82, 2.24) is 9.97 Å². The molecule has 1 aliphatic carbocycles. The van der Waals surface area contributed by atoms with Gasteiger partial charge in [0.15, 0.2) is 11.5 Å². The maximum Gasteiger partial charge on any atom is 0.187 e. The molecule has 0 saturated heterocycles. The summed E-state index contributed by atoms with van der Waals surface area (Å²) in [5.74, 6) is 0.654. The van der Waals surface area contributed by atoms with Crippen LogP contribution < -0.4 is 0 Å². The van der Waals surface area contributed by atoms with Crippen LogP contribution in [-0.4, -0.2) is 9.97 Å². The van der Waals surface area contributed by atoms with Crippen LogP contribution in [0.15, 0.2) is 237 Å². The van der Waals surface area contributed by atoms with E-state index in [0.29, 0.717) is 11.5 Å². The highest BCUT2D eigenvalue weighted by Crippen LogP contribution is 2.59. The first-order valence-corrected chi connectivity index (χ1v) is 21.3. The van der Waals surface area contributed by atoms with Crippen molar-refractivity contribution in [1.29, 1.82) is 0 Å². The monoisotopic (exact) mass is 801 g/mol. The minimum atomic E-state index is -0.565. The standard InChI is InChI=1S/C60H39N3/c1-61-51-35-36-54-53(39-51)58-52(29-16-30-55(58)60(54,49-25-10-4-11-26-49)50-27-12-5-13-28-50)43-31-33-44(34-32-43)59-62-56(47-23-14-21-45(37-47)41-17-6-2-7-18-41)40-57(63-59)48-24-15-22-46(38-48)42-19-8-3-9-20-42/h2-40H. The Balaban J connectivity index is 1.06. The second kappa shape index (κ2) is 15.9. The molecule has 0 fully saturated rings. The fourth-order valence-electron chi connectivity index (χ4n) is 9.49. The van der Waals surface area contributed by atoms with Gasteiger partial charge in [0.25, 0.3) is 0 Å².